The largest absolute Gasteiger partial charge is 0.483 e. The van der Waals surface area contributed by atoms with E-state index in [4.69, 9.17) is 9.15 Å². The minimum atomic E-state index is -0.789. The van der Waals surface area contributed by atoms with Crippen LogP contribution in [0.2, 0.25) is 0 Å². The van der Waals surface area contributed by atoms with Crippen LogP contribution in [0.15, 0.2) is 46.4 Å². The quantitative estimate of drug-likeness (QED) is 0.739. The summed E-state index contributed by atoms with van der Waals surface area (Å²) in [7, 11) is 0. The summed E-state index contributed by atoms with van der Waals surface area (Å²) in [5, 5.41) is 4.76. The van der Waals surface area contributed by atoms with Gasteiger partial charge in [0.2, 0.25) is 0 Å². The van der Waals surface area contributed by atoms with Gasteiger partial charge in [0.05, 0.1) is 12.8 Å². The molecule has 0 aliphatic carbocycles. The van der Waals surface area contributed by atoms with Crippen LogP contribution >= 0.6 is 11.3 Å². The van der Waals surface area contributed by atoms with E-state index >= 15 is 0 Å². The highest BCUT2D eigenvalue weighted by Gasteiger charge is 2.12. The van der Waals surface area contributed by atoms with Crippen molar-refractivity contribution < 1.29 is 22.7 Å². The highest BCUT2D eigenvalue weighted by molar-refractivity contribution is 7.09. The summed E-state index contributed by atoms with van der Waals surface area (Å²) in [5.41, 5.74) is 0.240. The molecule has 1 N–H and O–H groups in total. The first-order valence-electron chi connectivity index (χ1n) is 6.94. The van der Waals surface area contributed by atoms with E-state index in [0.717, 1.165) is 12.1 Å². The lowest BCUT2D eigenvalue weighted by atomic mass is 10.3. The van der Waals surface area contributed by atoms with Crippen molar-refractivity contribution in [3.05, 3.63) is 70.1 Å². The number of nitrogens with one attached hydrogen (secondary N) is 1. The number of carbonyl (C=O) groups is 1. The molecule has 0 unspecified atom stereocenters. The van der Waals surface area contributed by atoms with Crippen LogP contribution in [0.5, 0.6) is 5.75 Å². The van der Waals surface area contributed by atoms with Gasteiger partial charge in [0.25, 0.3) is 5.91 Å². The van der Waals surface area contributed by atoms with Gasteiger partial charge in [-0.15, -0.1) is 11.3 Å². The summed E-state index contributed by atoms with van der Waals surface area (Å²) in [6, 6.07) is 6.53. The first-order valence-corrected chi connectivity index (χ1v) is 7.82. The van der Waals surface area contributed by atoms with Crippen LogP contribution in [-0.2, 0) is 13.2 Å². The maximum atomic E-state index is 13.5. The van der Waals surface area contributed by atoms with Crippen LogP contribution in [-0.4, -0.2) is 10.9 Å². The number of nitrogens with zero attached hydrogens (tertiary/aromatic N) is 1. The molecule has 0 spiro atoms. The third-order valence-electron chi connectivity index (χ3n) is 3.03. The number of rotatable bonds is 6. The number of furan rings is 1. The van der Waals surface area contributed by atoms with Gasteiger partial charge >= 0.3 is 0 Å². The summed E-state index contributed by atoms with van der Waals surface area (Å²) >= 11 is 1.21. The highest BCUT2D eigenvalue weighted by atomic mass is 32.1. The topological polar surface area (TPSA) is 64.4 Å². The monoisotopic (exact) mass is 350 g/mol. The van der Waals surface area contributed by atoms with Gasteiger partial charge in [-0.25, -0.2) is 13.8 Å². The molecule has 8 heteroatoms. The molecule has 2 aromatic heterocycles. The zero-order valence-electron chi connectivity index (χ0n) is 12.3. The zero-order chi connectivity index (χ0) is 16.9. The zero-order valence-corrected chi connectivity index (χ0v) is 13.1. The van der Waals surface area contributed by atoms with Crippen molar-refractivity contribution in [2.24, 2.45) is 0 Å². The summed E-state index contributed by atoms with van der Waals surface area (Å²) in [6.45, 7) is 0.245. The Balaban J connectivity index is 1.55. The molecule has 1 aromatic carbocycles. The maximum Gasteiger partial charge on any atom is 0.271 e. The molecule has 0 aliphatic rings. The van der Waals surface area contributed by atoms with Gasteiger partial charge in [-0.05, 0) is 24.3 Å². The van der Waals surface area contributed by atoms with E-state index in [1.54, 1.807) is 17.5 Å². The lowest BCUT2D eigenvalue weighted by Crippen LogP contribution is -2.22. The Morgan fingerprint density at radius 2 is 2.21 bits per heavy atom. The average Bonchev–Trinajstić information content (AvgIpc) is 3.23. The van der Waals surface area contributed by atoms with Crippen molar-refractivity contribution in [1.82, 2.24) is 10.3 Å². The first kappa shape index (κ1) is 16.1. The fraction of sp³-hybridized carbons (Fsp3) is 0.125. The third-order valence-corrected chi connectivity index (χ3v) is 3.86. The van der Waals surface area contributed by atoms with Gasteiger partial charge in [-0.1, -0.05) is 0 Å². The van der Waals surface area contributed by atoms with E-state index in [-0.39, 0.29) is 30.5 Å². The fourth-order valence-corrected chi connectivity index (χ4v) is 2.57. The Morgan fingerprint density at radius 1 is 1.33 bits per heavy atom. The summed E-state index contributed by atoms with van der Waals surface area (Å²) in [4.78, 5) is 16.1. The van der Waals surface area contributed by atoms with Gasteiger partial charge in [-0.3, -0.25) is 4.79 Å². The second-order valence-corrected chi connectivity index (χ2v) is 5.69. The molecule has 24 heavy (non-hydrogen) atoms. The predicted molar refractivity (Wildman–Crippen MR) is 82.7 cm³/mol. The molecular formula is C16H12F2N2O3S. The standard InChI is InChI=1S/C16H12F2N2O3S/c17-10-3-4-14(12(18)6-10)23-8-15-20-13(9-24-15)16(21)19-7-11-2-1-5-22-11/h1-6,9H,7-8H2,(H,19,21). The highest BCUT2D eigenvalue weighted by Crippen LogP contribution is 2.20. The smallest absolute Gasteiger partial charge is 0.271 e. The van der Waals surface area contributed by atoms with Crippen molar-refractivity contribution >= 4 is 17.2 Å². The van der Waals surface area contributed by atoms with Crippen LogP contribution < -0.4 is 10.1 Å². The number of aromatic nitrogens is 1. The average molecular weight is 350 g/mol. The van der Waals surface area contributed by atoms with E-state index in [2.05, 4.69) is 10.3 Å². The molecule has 3 aromatic rings. The van der Waals surface area contributed by atoms with Gasteiger partial charge in [0.15, 0.2) is 11.6 Å². The lowest BCUT2D eigenvalue weighted by Gasteiger charge is -2.05. The van der Waals surface area contributed by atoms with Crippen molar-refractivity contribution in [1.29, 1.82) is 0 Å². The Kier molecular flexibility index (Phi) is 4.85. The molecule has 2 heterocycles. The van der Waals surface area contributed by atoms with Crippen LogP contribution in [0.4, 0.5) is 8.78 Å². The lowest BCUT2D eigenvalue weighted by molar-refractivity contribution is 0.0943. The van der Waals surface area contributed by atoms with Gasteiger partial charge < -0.3 is 14.5 Å². The molecule has 0 atom stereocenters. The van der Waals surface area contributed by atoms with Gasteiger partial charge in [0, 0.05) is 11.4 Å². The van der Waals surface area contributed by atoms with Crippen LogP contribution in [0.1, 0.15) is 21.3 Å². The summed E-state index contributed by atoms with van der Waals surface area (Å²) in [6.07, 6.45) is 1.52. The SMILES string of the molecule is O=C(NCc1ccco1)c1csc(COc2ccc(F)cc2F)n1. The fourth-order valence-electron chi connectivity index (χ4n) is 1.88. The normalized spacial score (nSPS) is 10.6. The minimum absolute atomic E-state index is 0.0152. The van der Waals surface area contributed by atoms with E-state index in [1.165, 1.54) is 23.7 Å². The Bertz CT molecular complexity index is 834. The molecule has 1 amide bonds. The van der Waals surface area contributed by atoms with Crippen LogP contribution in [0.25, 0.3) is 0 Å². The van der Waals surface area contributed by atoms with E-state index in [1.807, 2.05) is 0 Å². The first-order chi connectivity index (χ1) is 11.6. The van der Waals surface area contributed by atoms with Crippen molar-refractivity contribution in [3.8, 4) is 5.75 Å². The van der Waals surface area contributed by atoms with Gasteiger partial charge in [-0.2, -0.15) is 0 Å². The van der Waals surface area contributed by atoms with E-state index in [9.17, 15) is 13.6 Å². The molecule has 0 saturated heterocycles. The van der Waals surface area contributed by atoms with Gasteiger partial charge in [0.1, 0.15) is 28.9 Å². The summed E-state index contributed by atoms with van der Waals surface area (Å²) in [5.74, 6) is -1.25. The minimum Gasteiger partial charge on any atom is -0.483 e. The Labute approximate surface area is 139 Å². The third kappa shape index (κ3) is 3.96. The van der Waals surface area contributed by atoms with E-state index in [0.29, 0.717) is 10.8 Å². The molecular weight excluding hydrogens is 338 g/mol. The molecule has 0 bridgehead atoms. The molecule has 3 rings (SSSR count). The molecule has 0 saturated carbocycles. The van der Waals surface area contributed by atoms with Crippen LogP contribution in [0.3, 0.4) is 0 Å². The number of amides is 1. The van der Waals surface area contributed by atoms with E-state index < -0.39 is 11.6 Å². The van der Waals surface area contributed by atoms with Crippen LogP contribution in [0, 0.1) is 11.6 Å². The molecule has 5 nitrogen and oxygen atoms in total. The number of hydrogen-bond acceptors (Lipinski definition) is 5. The number of carbonyl (C=O) groups excluding carboxylic acids is 1. The number of benzene rings is 1. The second-order valence-electron chi connectivity index (χ2n) is 4.75. The molecule has 0 aliphatic heterocycles. The number of halogens is 2. The van der Waals surface area contributed by atoms with Crippen molar-refractivity contribution in [2.75, 3.05) is 0 Å². The Hall–Kier alpha value is -2.74. The summed E-state index contributed by atoms with van der Waals surface area (Å²) < 4.78 is 36.7. The Morgan fingerprint density at radius 3 is 2.96 bits per heavy atom. The molecule has 0 fully saturated rings. The second kappa shape index (κ2) is 7.22. The number of hydrogen-bond donors (Lipinski definition) is 1. The maximum absolute atomic E-state index is 13.5. The van der Waals surface area contributed by atoms with Crippen molar-refractivity contribution in [3.63, 3.8) is 0 Å². The molecule has 124 valence electrons. The number of ether oxygens (including phenoxy) is 1. The number of thiazole rings is 1. The predicted octanol–water partition coefficient (Wildman–Crippen LogP) is 3.52. The van der Waals surface area contributed by atoms with Crippen molar-refractivity contribution in [2.45, 2.75) is 13.2 Å². The molecule has 0 radical (unpaired) electrons.